The molecule has 1 aromatic heterocycles. The van der Waals surface area contributed by atoms with Crippen molar-refractivity contribution in [3.63, 3.8) is 0 Å². The van der Waals surface area contributed by atoms with Crippen LogP contribution >= 0.6 is 0 Å². The Kier molecular flexibility index (Phi) is 2.83. The Labute approximate surface area is 124 Å². The number of aromatic hydroxyl groups is 2. The molecule has 0 radical (unpaired) electrons. The summed E-state index contributed by atoms with van der Waals surface area (Å²) < 4.78 is 0. The van der Waals surface area contributed by atoms with E-state index in [1.54, 1.807) is 0 Å². The molecule has 0 bridgehead atoms. The Morgan fingerprint density at radius 2 is 1.86 bits per heavy atom. The minimum Gasteiger partial charge on any atom is -0.504 e. The van der Waals surface area contributed by atoms with Crippen molar-refractivity contribution in [1.29, 1.82) is 0 Å². The molecule has 1 aliphatic heterocycles. The zero-order valence-electron chi connectivity index (χ0n) is 11.5. The molecule has 8 heteroatoms. The maximum Gasteiger partial charge on any atom is 0.329 e. The van der Waals surface area contributed by atoms with Crippen molar-refractivity contribution in [2.75, 3.05) is 0 Å². The number of aliphatic carboxylic acids is 2. The van der Waals surface area contributed by atoms with Crippen molar-refractivity contribution in [2.24, 2.45) is 0 Å². The van der Waals surface area contributed by atoms with Crippen molar-refractivity contribution in [1.82, 2.24) is 10.3 Å². The van der Waals surface area contributed by atoms with Gasteiger partial charge in [0.05, 0.1) is 5.69 Å². The Bertz CT molecular complexity index is 811. The molecule has 1 aliphatic rings. The van der Waals surface area contributed by atoms with Gasteiger partial charge in [-0.1, -0.05) is 0 Å². The summed E-state index contributed by atoms with van der Waals surface area (Å²) in [5.74, 6) is -3.07. The van der Waals surface area contributed by atoms with Gasteiger partial charge in [0.2, 0.25) is 0 Å². The highest BCUT2D eigenvalue weighted by Crippen LogP contribution is 2.39. The lowest BCUT2D eigenvalue weighted by molar-refractivity contribution is -0.148. The van der Waals surface area contributed by atoms with Crippen LogP contribution in [0.2, 0.25) is 0 Å². The number of carboxylic acid groups (broad SMARTS) is 2. The van der Waals surface area contributed by atoms with E-state index in [1.807, 2.05) is 0 Å². The van der Waals surface area contributed by atoms with E-state index in [4.69, 9.17) is 0 Å². The van der Waals surface area contributed by atoms with Gasteiger partial charge in [-0.3, -0.25) is 10.1 Å². The molecular formula is C14H14N2O6. The molecule has 0 spiro atoms. The molecular weight excluding hydrogens is 292 g/mol. The Balaban J connectivity index is 2.31. The molecule has 0 saturated carbocycles. The zero-order chi connectivity index (χ0) is 16.2. The molecule has 0 fully saturated rings. The third-order valence-corrected chi connectivity index (χ3v) is 4.10. The van der Waals surface area contributed by atoms with Gasteiger partial charge in [0.15, 0.2) is 17.0 Å². The highest BCUT2D eigenvalue weighted by atomic mass is 16.4. The third kappa shape index (κ3) is 1.81. The van der Waals surface area contributed by atoms with E-state index in [1.165, 1.54) is 19.1 Å². The van der Waals surface area contributed by atoms with Crippen LogP contribution < -0.4 is 5.32 Å². The van der Waals surface area contributed by atoms with Gasteiger partial charge < -0.3 is 25.4 Å². The normalized spacial score (nSPS) is 24.1. The van der Waals surface area contributed by atoms with Crippen LogP contribution in [0.15, 0.2) is 12.1 Å². The van der Waals surface area contributed by atoms with Crippen LogP contribution in [0.1, 0.15) is 18.2 Å². The fourth-order valence-corrected chi connectivity index (χ4v) is 2.91. The number of aromatic amines is 1. The summed E-state index contributed by atoms with van der Waals surface area (Å²) in [5.41, 5.74) is -0.361. The molecule has 2 aromatic rings. The second-order valence-corrected chi connectivity index (χ2v) is 5.53. The average molecular weight is 306 g/mol. The highest BCUT2D eigenvalue weighted by molar-refractivity contribution is 5.93. The number of fused-ring (bicyclic) bond motifs is 3. The van der Waals surface area contributed by atoms with Crippen LogP contribution in [-0.4, -0.2) is 43.4 Å². The first kappa shape index (κ1) is 14.2. The first-order chi connectivity index (χ1) is 10.2. The lowest BCUT2D eigenvalue weighted by atomic mass is 9.85. The maximum absolute atomic E-state index is 11.6. The number of H-pyrrole nitrogens is 1. The molecule has 0 aliphatic carbocycles. The Hall–Kier alpha value is -2.74. The summed E-state index contributed by atoms with van der Waals surface area (Å²) in [6.45, 7) is 1.37. The molecule has 0 saturated heterocycles. The van der Waals surface area contributed by atoms with Gasteiger partial charge in [-0.15, -0.1) is 0 Å². The summed E-state index contributed by atoms with van der Waals surface area (Å²) in [6, 6.07) is 1.51. The second kappa shape index (κ2) is 4.38. The monoisotopic (exact) mass is 306 g/mol. The first-order valence-electron chi connectivity index (χ1n) is 6.55. The van der Waals surface area contributed by atoms with Crippen molar-refractivity contribution >= 4 is 22.8 Å². The quantitative estimate of drug-likeness (QED) is 0.443. The minimum absolute atomic E-state index is 0.0672. The van der Waals surface area contributed by atoms with Gasteiger partial charge in [0, 0.05) is 23.4 Å². The van der Waals surface area contributed by atoms with Gasteiger partial charge in [-0.25, -0.2) is 4.79 Å². The van der Waals surface area contributed by atoms with Crippen molar-refractivity contribution in [3.8, 4) is 11.5 Å². The molecule has 3 rings (SSSR count). The average Bonchev–Trinajstić information content (AvgIpc) is 2.78. The van der Waals surface area contributed by atoms with Crippen LogP contribution in [0.25, 0.3) is 10.9 Å². The Morgan fingerprint density at radius 1 is 1.23 bits per heavy atom. The summed E-state index contributed by atoms with van der Waals surface area (Å²) in [4.78, 5) is 25.9. The predicted molar refractivity (Wildman–Crippen MR) is 74.9 cm³/mol. The van der Waals surface area contributed by atoms with E-state index in [0.29, 0.717) is 22.2 Å². The number of aromatic nitrogens is 1. The van der Waals surface area contributed by atoms with Crippen LogP contribution in [0.5, 0.6) is 11.5 Å². The number of phenols is 2. The van der Waals surface area contributed by atoms with Crippen LogP contribution in [0.4, 0.5) is 0 Å². The molecule has 1 aromatic carbocycles. The maximum atomic E-state index is 11.6. The van der Waals surface area contributed by atoms with E-state index in [0.717, 1.165) is 0 Å². The molecule has 6 N–H and O–H groups in total. The van der Waals surface area contributed by atoms with E-state index in [9.17, 15) is 30.0 Å². The summed E-state index contributed by atoms with van der Waals surface area (Å²) in [7, 11) is 0. The van der Waals surface area contributed by atoms with Crippen LogP contribution in [0.3, 0.4) is 0 Å². The topological polar surface area (TPSA) is 143 Å². The molecule has 2 heterocycles. The van der Waals surface area contributed by atoms with E-state index in [-0.39, 0.29) is 17.9 Å². The van der Waals surface area contributed by atoms with Gasteiger partial charge in [-0.2, -0.15) is 0 Å². The molecule has 2 atom stereocenters. The van der Waals surface area contributed by atoms with Gasteiger partial charge >= 0.3 is 11.9 Å². The lowest BCUT2D eigenvalue weighted by Crippen LogP contribution is -2.58. The fourth-order valence-electron chi connectivity index (χ4n) is 2.91. The Morgan fingerprint density at radius 3 is 2.45 bits per heavy atom. The fraction of sp³-hybridized carbons (Fsp3) is 0.286. The largest absolute Gasteiger partial charge is 0.504 e. The number of benzene rings is 1. The van der Waals surface area contributed by atoms with Crippen LogP contribution in [0, 0.1) is 0 Å². The minimum atomic E-state index is -1.61. The number of rotatable bonds is 2. The molecule has 0 unspecified atom stereocenters. The van der Waals surface area contributed by atoms with Crippen molar-refractivity contribution in [3.05, 3.63) is 23.4 Å². The third-order valence-electron chi connectivity index (χ3n) is 4.10. The van der Waals surface area contributed by atoms with Gasteiger partial charge in [0.25, 0.3) is 0 Å². The van der Waals surface area contributed by atoms with E-state index in [2.05, 4.69) is 10.3 Å². The molecule has 116 valence electrons. The number of hydrogen-bond acceptors (Lipinski definition) is 5. The first-order valence-corrected chi connectivity index (χ1v) is 6.55. The highest BCUT2D eigenvalue weighted by Gasteiger charge is 2.46. The summed E-state index contributed by atoms with van der Waals surface area (Å²) >= 11 is 0. The SMILES string of the molecule is C[C@@]1(C(=O)O)N[C@H](C(=O)O)Cc2c1[nH]c1cc(O)c(O)cc21. The second-order valence-electron chi connectivity index (χ2n) is 5.53. The number of carbonyl (C=O) groups is 2. The molecule has 8 nitrogen and oxygen atoms in total. The van der Waals surface area contributed by atoms with Crippen molar-refractivity contribution in [2.45, 2.75) is 24.9 Å². The predicted octanol–water partition coefficient (Wildman–Crippen LogP) is 0.478. The van der Waals surface area contributed by atoms with E-state index < -0.39 is 23.5 Å². The van der Waals surface area contributed by atoms with Crippen LogP contribution in [-0.2, 0) is 21.5 Å². The number of phenolic OH excluding ortho intramolecular Hbond substituents is 2. The van der Waals surface area contributed by atoms with E-state index >= 15 is 0 Å². The van der Waals surface area contributed by atoms with Gasteiger partial charge in [-0.05, 0) is 18.6 Å². The standard InChI is InChI=1S/C14H14N2O6/c1-14(13(21)22)11-6(2-8(16-14)12(19)20)5-3-9(17)10(18)4-7(5)15-11/h3-4,8,15-18H,2H2,1H3,(H,19,20)(H,21,22)/t8-,14+/m0/s1. The van der Waals surface area contributed by atoms with Crippen molar-refractivity contribution < 1.29 is 30.0 Å². The van der Waals surface area contributed by atoms with Gasteiger partial charge in [0.1, 0.15) is 6.04 Å². The number of carboxylic acids is 2. The summed E-state index contributed by atoms with van der Waals surface area (Å²) in [5, 5.41) is 41.0. The number of nitrogens with one attached hydrogen (secondary N) is 2. The number of hydrogen-bond donors (Lipinski definition) is 6. The summed E-state index contributed by atoms with van der Waals surface area (Å²) in [6.07, 6.45) is 0.0672. The smallest absolute Gasteiger partial charge is 0.329 e. The lowest BCUT2D eigenvalue weighted by Gasteiger charge is -2.34. The zero-order valence-corrected chi connectivity index (χ0v) is 11.5. The molecule has 0 amide bonds. The molecule has 22 heavy (non-hydrogen) atoms.